The molecule has 0 unspecified atom stereocenters. The fourth-order valence-corrected chi connectivity index (χ4v) is 1.37. The van der Waals surface area contributed by atoms with Gasteiger partial charge in [-0.05, 0) is 19.9 Å². The fourth-order valence-electron chi connectivity index (χ4n) is 1.37. The van der Waals surface area contributed by atoms with Crippen molar-refractivity contribution < 1.29 is 13.7 Å². The van der Waals surface area contributed by atoms with Gasteiger partial charge >= 0.3 is 0 Å². The van der Waals surface area contributed by atoms with Gasteiger partial charge in [-0.3, -0.25) is 0 Å². The highest BCUT2D eigenvalue weighted by molar-refractivity contribution is 5.75. The van der Waals surface area contributed by atoms with E-state index < -0.39 is 0 Å². The van der Waals surface area contributed by atoms with E-state index in [1.165, 1.54) is 6.92 Å². The lowest BCUT2D eigenvalue weighted by atomic mass is 10.2. The molecule has 5 heteroatoms. The predicted octanol–water partition coefficient (Wildman–Crippen LogP) is 2.16. The maximum absolute atomic E-state index is 10.8. The van der Waals surface area contributed by atoms with E-state index in [-0.39, 0.29) is 5.78 Å². The van der Waals surface area contributed by atoms with E-state index in [4.69, 9.17) is 8.94 Å². The third-order valence-corrected chi connectivity index (χ3v) is 2.26. The monoisotopic (exact) mass is 220 g/mol. The quantitative estimate of drug-likeness (QED) is 0.789. The van der Waals surface area contributed by atoms with Crippen LogP contribution < -0.4 is 0 Å². The fraction of sp³-hybridized carbons (Fsp3) is 0.364. The minimum atomic E-state index is 0.110. The molecule has 0 aliphatic carbocycles. The SMILES string of the molecule is CC(=O)CCc1nc(-c2ccoc2C)no1. The molecular weight excluding hydrogens is 208 g/mol. The molecule has 0 bridgehead atoms. The Hall–Kier alpha value is -1.91. The van der Waals surface area contributed by atoms with Gasteiger partial charge in [0.1, 0.15) is 11.5 Å². The molecule has 0 N–H and O–H groups in total. The lowest BCUT2D eigenvalue weighted by Gasteiger charge is -1.89. The minimum absolute atomic E-state index is 0.110. The third kappa shape index (κ3) is 2.18. The predicted molar refractivity (Wildman–Crippen MR) is 55.7 cm³/mol. The number of hydrogen-bond acceptors (Lipinski definition) is 5. The smallest absolute Gasteiger partial charge is 0.227 e. The Morgan fingerprint density at radius 2 is 2.31 bits per heavy atom. The molecule has 0 saturated heterocycles. The summed E-state index contributed by atoms with van der Waals surface area (Å²) in [6.07, 6.45) is 2.49. The number of ketones is 1. The summed E-state index contributed by atoms with van der Waals surface area (Å²) in [5.74, 6) is 1.84. The first kappa shape index (κ1) is 10.6. The molecule has 0 amide bonds. The zero-order chi connectivity index (χ0) is 11.5. The van der Waals surface area contributed by atoms with Crippen molar-refractivity contribution in [1.29, 1.82) is 0 Å². The highest BCUT2D eigenvalue weighted by Crippen LogP contribution is 2.21. The zero-order valence-corrected chi connectivity index (χ0v) is 9.19. The number of carbonyl (C=O) groups is 1. The first-order valence-electron chi connectivity index (χ1n) is 5.03. The highest BCUT2D eigenvalue weighted by Gasteiger charge is 2.12. The van der Waals surface area contributed by atoms with Gasteiger partial charge in [0.2, 0.25) is 11.7 Å². The Balaban J connectivity index is 2.14. The summed E-state index contributed by atoms with van der Waals surface area (Å²) in [6, 6.07) is 1.79. The van der Waals surface area contributed by atoms with Crippen molar-refractivity contribution in [2.75, 3.05) is 0 Å². The lowest BCUT2D eigenvalue weighted by molar-refractivity contribution is -0.117. The molecule has 0 aliphatic heterocycles. The summed E-state index contributed by atoms with van der Waals surface area (Å²) >= 11 is 0. The molecule has 0 radical (unpaired) electrons. The van der Waals surface area contributed by atoms with E-state index in [2.05, 4.69) is 10.1 Å². The van der Waals surface area contributed by atoms with Crippen molar-refractivity contribution in [2.24, 2.45) is 0 Å². The molecule has 2 aromatic heterocycles. The van der Waals surface area contributed by atoms with E-state index >= 15 is 0 Å². The normalized spacial score (nSPS) is 10.6. The Bertz CT molecular complexity index is 499. The molecule has 84 valence electrons. The van der Waals surface area contributed by atoms with Crippen molar-refractivity contribution in [2.45, 2.75) is 26.7 Å². The Kier molecular flexibility index (Phi) is 2.85. The molecule has 0 aromatic carbocycles. The number of carbonyl (C=O) groups excluding carboxylic acids is 1. The number of Topliss-reactive ketones (excluding diaryl/α,β-unsaturated/α-hetero) is 1. The van der Waals surface area contributed by atoms with Crippen LogP contribution in [0, 0.1) is 6.92 Å². The van der Waals surface area contributed by atoms with Crippen LogP contribution in [0.3, 0.4) is 0 Å². The molecule has 0 aliphatic rings. The van der Waals surface area contributed by atoms with Crippen molar-refractivity contribution in [3.05, 3.63) is 24.0 Å². The molecule has 0 fully saturated rings. The number of aromatic nitrogens is 2. The molecule has 0 atom stereocenters. The molecule has 16 heavy (non-hydrogen) atoms. The Labute approximate surface area is 92.5 Å². The number of rotatable bonds is 4. The molecule has 0 saturated carbocycles. The first-order valence-corrected chi connectivity index (χ1v) is 5.03. The number of furan rings is 1. The van der Waals surface area contributed by atoms with E-state index in [0.717, 1.165) is 11.3 Å². The summed E-state index contributed by atoms with van der Waals surface area (Å²) in [5.41, 5.74) is 0.817. The van der Waals surface area contributed by atoms with Gasteiger partial charge < -0.3 is 13.7 Å². The largest absolute Gasteiger partial charge is 0.469 e. The summed E-state index contributed by atoms with van der Waals surface area (Å²) in [5, 5.41) is 3.84. The lowest BCUT2D eigenvalue weighted by Crippen LogP contribution is -1.94. The van der Waals surface area contributed by atoms with Crippen LogP contribution in [0.2, 0.25) is 0 Å². The van der Waals surface area contributed by atoms with Crippen LogP contribution in [-0.4, -0.2) is 15.9 Å². The van der Waals surface area contributed by atoms with Gasteiger partial charge in [0.25, 0.3) is 0 Å². The van der Waals surface area contributed by atoms with Crippen molar-refractivity contribution in [3.8, 4) is 11.4 Å². The van der Waals surface area contributed by atoms with Crippen LogP contribution >= 0.6 is 0 Å². The van der Waals surface area contributed by atoms with Gasteiger partial charge in [0.05, 0.1) is 11.8 Å². The number of nitrogens with zero attached hydrogens (tertiary/aromatic N) is 2. The summed E-state index contributed by atoms with van der Waals surface area (Å²) in [6.45, 7) is 3.37. The van der Waals surface area contributed by atoms with Crippen LogP contribution in [0.5, 0.6) is 0 Å². The van der Waals surface area contributed by atoms with Gasteiger partial charge in [0, 0.05) is 12.8 Å². The standard InChI is InChI=1S/C11H12N2O3/c1-7(14)3-4-10-12-11(13-16-10)9-5-6-15-8(9)2/h5-6H,3-4H2,1-2H3. The van der Waals surface area contributed by atoms with E-state index in [1.54, 1.807) is 12.3 Å². The second-order valence-electron chi connectivity index (χ2n) is 3.60. The maximum Gasteiger partial charge on any atom is 0.227 e. The van der Waals surface area contributed by atoms with E-state index in [1.807, 2.05) is 6.92 Å². The maximum atomic E-state index is 10.8. The van der Waals surface area contributed by atoms with E-state index in [0.29, 0.717) is 24.6 Å². The van der Waals surface area contributed by atoms with Crippen molar-refractivity contribution in [1.82, 2.24) is 10.1 Å². The zero-order valence-electron chi connectivity index (χ0n) is 9.19. The van der Waals surface area contributed by atoms with Crippen LogP contribution in [0.1, 0.15) is 25.0 Å². The van der Waals surface area contributed by atoms with Crippen LogP contribution in [0.4, 0.5) is 0 Å². The molecule has 5 nitrogen and oxygen atoms in total. The Morgan fingerprint density at radius 3 is 2.94 bits per heavy atom. The summed E-state index contributed by atoms with van der Waals surface area (Å²) < 4.78 is 10.2. The molecular formula is C11H12N2O3. The van der Waals surface area contributed by atoms with Crippen molar-refractivity contribution in [3.63, 3.8) is 0 Å². The van der Waals surface area contributed by atoms with Gasteiger partial charge in [-0.2, -0.15) is 4.98 Å². The number of hydrogen-bond donors (Lipinski definition) is 0. The number of aryl methyl sites for hydroxylation is 2. The summed E-state index contributed by atoms with van der Waals surface area (Å²) in [4.78, 5) is 15.0. The average Bonchev–Trinajstić information content (AvgIpc) is 2.83. The third-order valence-electron chi connectivity index (χ3n) is 2.26. The van der Waals surface area contributed by atoms with Crippen LogP contribution in [0.15, 0.2) is 21.3 Å². The molecule has 2 rings (SSSR count). The van der Waals surface area contributed by atoms with Crippen LogP contribution in [-0.2, 0) is 11.2 Å². The van der Waals surface area contributed by atoms with Gasteiger partial charge in [-0.25, -0.2) is 0 Å². The topological polar surface area (TPSA) is 69.1 Å². The second-order valence-corrected chi connectivity index (χ2v) is 3.60. The Morgan fingerprint density at radius 1 is 1.50 bits per heavy atom. The van der Waals surface area contributed by atoms with Gasteiger partial charge in [-0.15, -0.1) is 0 Å². The second kappa shape index (κ2) is 4.30. The average molecular weight is 220 g/mol. The minimum Gasteiger partial charge on any atom is -0.469 e. The van der Waals surface area contributed by atoms with Gasteiger partial charge in [0.15, 0.2) is 0 Å². The van der Waals surface area contributed by atoms with Crippen molar-refractivity contribution >= 4 is 5.78 Å². The summed E-state index contributed by atoms with van der Waals surface area (Å²) in [7, 11) is 0. The molecule has 2 heterocycles. The van der Waals surface area contributed by atoms with E-state index in [9.17, 15) is 4.79 Å². The van der Waals surface area contributed by atoms with Crippen LogP contribution in [0.25, 0.3) is 11.4 Å². The first-order chi connectivity index (χ1) is 7.66. The molecule has 0 spiro atoms. The van der Waals surface area contributed by atoms with Gasteiger partial charge in [-0.1, -0.05) is 5.16 Å². The highest BCUT2D eigenvalue weighted by atomic mass is 16.5. The molecule has 2 aromatic rings.